The highest BCUT2D eigenvalue weighted by Crippen LogP contribution is 2.35. The Morgan fingerprint density at radius 2 is 2.00 bits per heavy atom. The second-order valence-electron chi connectivity index (χ2n) is 2.35. The van der Waals surface area contributed by atoms with Crippen LogP contribution in [-0.4, -0.2) is 0 Å². The van der Waals surface area contributed by atoms with Crippen molar-refractivity contribution < 1.29 is 0 Å². The smallest absolute Gasteiger partial charge is 0.0488 e. The third-order valence-electron chi connectivity index (χ3n) is 1.55. The summed E-state index contributed by atoms with van der Waals surface area (Å²) in [7, 11) is 0. The topological polar surface area (TPSA) is 0 Å². The van der Waals surface area contributed by atoms with Gasteiger partial charge in [0, 0.05) is 28.0 Å². The number of benzene rings is 1. The van der Waals surface area contributed by atoms with Crippen LogP contribution in [0, 0.1) is 3.57 Å². The van der Waals surface area contributed by atoms with Gasteiger partial charge in [-0.25, -0.2) is 0 Å². The lowest BCUT2D eigenvalue weighted by Crippen LogP contribution is -1.72. The molecule has 0 N–H and O–H groups in total. The lowest BCUT2D eigenvalue weighted by molar-refractivity contribution is 1.71. The third-order valence-corrected chi connectivity index (χ3v) is 5.21. The van der Waals surface area contributed by atoms with Crippen LogP contribution < -0.4 is 0 Å². The predicted molar refractivity (Wildman–Crippen MR) is 69.9 cm³/mol. The minimum absolute atomic E-state index is 1.14. The molecular formula is C8H3Br2IS. The zero-order valence-electron chi connectivity index (χ0n) is 5.77. The lowest BCUT2D eigenvalue weighted by Gasteiger charge is -1.95. The van der Waals surface area contributed by atoms with Crippen molar-refractivity contribution in [3.63, 3.8) is 0 Å². The van der Waals surface area contributed by atoms with Gasteiger partial charge in [-0.3, -0.25) is 0 Å². The summed E-state index contributed by atoms with van der Waals surface area (Å²) >= 11 is 11.1. The first-order valence-electron chi connectivity index (χ1n) is 3.20. The summed E-state index contributed by atoms with van der Waals surface area (Å²) in [5.41, 5.74) is 0. The van der Waals surface area contributed by atoms with E-state index in [-0.39, 0.29) is 0 Å². The minimum Gasteiger partial charge on any atom is -0.141 e. The van der Waals surface area contributed by atoms with Crippen LogP contribution >= 0.6 is 65.8 Å². The van der Waals surface area contributed by atoms with Gasteiger partial charge in [-0.05, 0) is 50.7 Å². The van der Waals surface area contributed by atoms with Crippen LogP contribution in [0.3, 0.4) is 0 Å². The molecule has 0 saturated heterocycles. The molecule has 4 heteroatoms. The fraction of sp³-hybridized carbons (Fsp3) is 0. The summed E-state index contributed by atoms with van der Waals surface area (Å²) in [6, 6.07) is 4.27. The average molecular weight is 418 g/mol. The van der Waals surface area contributed by atoms with Crippen LogP contribution in [0.4, 0.5) is 0 Å². The molecule has 2 aromatic rings. The van der Waals surface area contributed by atoms with Gasteiger partial charge < -0.3 is 0 Å². The summed E-state index contributed by atoms with van der Waals surface area (Å²) in [4.78, 5) is 0. The molecule has 0 amide bonds. The van der Waals surface area contributed by atoms with Gasteiger partial charge in [0.15, 0.2) is 0 Å². The van der Waals surface area contributed by atoms with E-state index in [1.54, 1.807) is 11.3 Å². The van der Waals surface area contributed by atoms with Crippen LogP contribution in [0.15, 0.2) is 26.5 Å². The number of hydrogen-bond donors (Lipinski definition) is 0. The van der Waals surface area contributed by atoms with Crippen molar-refractivity contribution in [3.8, 4) is 0 Å². The number of thiophene rings is 1. The largest absolute Gasteiger partial charge is 0.141 e. The van der Waals surface area contributed by atoms with Gasteiger partial charge in [-0.1, -0.05) is 15.9 Å². The molecular weight excluding hydrogens is 415 g/mol. The lowest BCUT2D eigenvalue weighted by atomic mass is 10.3. The summed E-state index contributed by atoms with van der Waals surface area (Å²) in [5, 5.41) is 3.41. The first kappa shape index (κ1) is 9.43. The molecule has 0 fully saturated rings. The van der Waals surface area contributed by atoms with Crippen molar-refractivity contribution in [3.05, 3.63) is 30.0 Å². The molecule has 0 aliphatic rings. The highest BCUT2D eigenvalue weighted by atomic mass is 127. The van der Waals surface area contributed by atoms with Gasteiger partial charge >= 0.3 is 0 Å². The minimum atomic E-state index is 1.14. The molecule has 0 unspecified atom stereocenters. The Balaban J connectivity index is 2.92. The molecule has 0 bridgehead atoms. The van der Waals surface area contributed by atoms with Gasteiger partial charge in [0.1, 0.15) is 0 Å². The molecule has 0 atom stereocenters. The van der Waals surface area contributed by atoms with E-state index in [9.17, 15) is 0 Å². The van der Waals surface area contributed by atoms with Gasteiger partial charge in [-0.2, -0.15) is 0 Å². The van der Waals surface area contributed by atoms with E-state index in [1.807, 2.05) is 0 Å². The molecule has 0 nitrogen and oxygen atoms in total. The van der Waals surface area contributed by atoms with Crippen molar-refractivity contribution in [1.82, 2.24) is 0 Å². The van der Waals surface area contributed by atoms with Crippen molar-refractivity contribution in [1.29, 1.82) is 0 Å². The zero-order valence-corrected chi connectivity index (χ0v) is 11.9. The quantitative estimate of drug-likeness (QED) is 0.527. The highest BCUT2D eigenvalue weighted by molar-refractivity contribution is 14.1. The molecule has 12 heavy (non-hydrogen) atoms. The normalized spacial score (nSPS) is 10.9. The second kappa shape index (κ2) is 3.55. The standard InChI is InChI=1S/C8H3Br2IS/c9-4-1-5-6(10)3-12-8(5)7(11)2-4/h1-3H. The number of halogens is 3. The van der Waals surface area contributed by atoms with Crippen LogP contribution in [0.25, 0.3) is 10.1 Å². The van der Waals surface area contributed by atoms with Crippen molar-refractivity contribution >= 4 is 75.9 Å². The van der Waals surface area contributed by atoms with E-state index in [1.165, 1.54) is 18.1 Å². The van der Waals surface area contributed by atoms with E-state index in [2.05, 4.69) is 72.0 Å². The number of fused-ring (bicyclic) bond motifs is 1. The van der Waals surface area contributed by atoms with Crippen LogP contribution in [0.5, 0.6) is 0 Å². The Morgan fingerprint density at radius 1 is 1.25 bits per heavy atom. The molecule has 0 aliphatic heterocycles. The summed E-state index contributed by atoms with van der Waals surface area (Å²) in [6.07, 6.45) is 0. The van der Waals surface area contributed by atoms with Crippen LogP contribution in [0.1, 0.15) is 0 Å². The first-order valence-corrected chi connectivity index (χ1v) is 6.74. The van der Waals surface area contributed by atoms with Gasteiger partial charge in [0.25, 0.3) is 0 Å². The maximum atomic E-state index is 3.52. The second-order valence-corrected chi connectivity index (χ2v) is 6.16. The Labute approximate surface area is 105 Å². The molecule has 0 saturated carbocycles. The molecule has 0 spiro atoms. The van der Waals surface area contributed by atoms with Crippen LogP contribution in [-0.2, 0) is 0 Å². The Kier molecular flexibility index (Phi) is 2.79. The monoisotopic (exact) mass is 416 g/mol. The first-order chi connectivity index (χ1) is 5.68. The molecule has 0 radical (unpaired) electrons. The molecule has 62 valence electrons. The highest BCUT2D eigenvalue weighted by Gasteiger charge is 2.05. The SMILES string of the molecule is Brc1cc(I)c2scc(Br)c2c1. The van der Waals surface area contributed by atoms with E-state index >= 15 is 0 Å². The summed E-state index contributed by atoms with van der Waals surface area (Å²) in [6.45, 7) is 0. The third kappa shape index (κ3) is 1.58. The maximum absolute atomic E-state index is 3.52. The van der Waals surface area contributed by atoms with E-state index in [0.717, 1.165) is 4.47 Å². The fourth-order valence-corrected chi connectivity index (χ4v) is 4.46. The van der Waals surface area contributed by atoms with Gasteiger partial charge in [-0.15, -0.1) is 11.3 Å². The van der Waals surface area contributed by atoms with E-state index in [4.69, 9.17) is 0 Å². The molecule has 2 rings (SSSR count). The zero-order chi connectivity index (χ0) is 8.72. The average Bonchev–Trinajstić information content (AvgIpc) is 2.33. The van der Waals surface area contributed by atoms with E-state index in [0.29, 0.717) is 0 Å². The van der Waals surface area contributed by atoms with Crippen LogP contribution in [0.2, 0.25) is 0 Å². The maximum Gasteiger partial charge on any atom is 0.0488 e. The number of rotatable bonds is 0. The molecule has 0 aliphatic carbocycles. The fourth-order valence-electron chi connectivity index (χ4n) is 1.03. The predicted octanol–water partition coefficient (Wildman–Crippen LogP) is 5.03. The van der Waals surface area contributed by atoms with Gasteiger partial charge in [0.2, 0.25) is 0 Å². The Bertz CT molecular complexity index is 436. The van der Waals surface area contributed by atoms with Gasteiger partial charge in [0.05, 0.1) is 0 Å². The van der Waals surface area contributed by atoms with Crippen molar-refractivity contribution in [2.45, 2.75) is 0 Å². The van der Waals surface area contributed by atoms with Crippen molar-refractivity contribution in [2.24, 2.45) is 0 Å². The Hall–Kier alpha value is 0.870. The molecule has 1 aromatic carbocycles. The van der Waals surface area contributed by atoms with Crippen molar-refractivity contribution in [2.75, 3.05) is 0 Å². The molecule has 1 aromatic heterocycles. The Morgan fingerprint density at radius 3 is 2.75 bits per heavy atom. The summed E-state index contributed by atoms with van der Waals surface area (Å²) in [5.74, 6) is 0. The molecule has 1 heterocycles. The van der Waals surface area contributed by atoms with E-state index < -0.39 is 0 Å². The number of hydrogen-bond acceptors (Lipinski definition) is 1. The summed E-state index contributed by atoms with van der Waals surface area (Å²) < 4.78 is 4.97.